The number of phosphoric acid groups is 1. The van der Waals surface area contributed by atoms with E-state index in [-0.39, 0.29) is 22.6 Å². The van der Waals surface area contributed by atoms with Gasteiger partial charge in [0.1, 0.15) is 5.65 Å². The third-order valence-corrected chi connectivity index (χ3v) is 9.04. The van der Waals surface area contributed by atoms with E-state index in [1.807, 2.05) is 32.2 Å². The fourth-order valence-corrected chi connectivity index (χ4v) is 6.02. The predicted octanol–water partition coefficient (Wildman–Crippen LogP) is 3.69. The highest BCUT2D eigenvalue weighted by molar-refractivity contribution is 7.91. The maximum absolute atomic E-state index is 13.5. The van der Waals surface area contributed by atoms with E-state index in [1.54, 1.807) is 25.1 Å². The van der Waals surface area contributed by atoms with Crippen molar-refractivity contribution in [1.29, 1.82) is 0 Å². The first-order valence-electron chi connectivity index (χ1n) is 13.2. The lowest BCUT2D eigenvalue weighted by atomic mass is 9.93. The zero-order valence-corrected chi connectivity index (χ0v) is 25.1. The van der Waals surface area contributed by atoms with Gasteiger partial charge in [-0.05, 0) is 93.3 Å². The molecular weight excluding hydrogens is 567 g/mol. The monoisotopic (exact) mass is 602 g/mol. The van der Waals surface area contributed by atoms with Crippen LogP contribution in [0.3, 0.4) is 0 Å². The van der Waals surface area contributed by atoms with Gasteiger partial charge in [0.2, 0.25) is 0 Å². The molecule has 0 bridgehead atoms. The highest BCUT2D eigenvalue weighted by Crippen LogP contribution is 2.38. The number of aromatic amines is 1. The molecule has 220 valence electrons. The fraction of sp³-hybridized carbons (Fsp3) is 0.357. The van der Waals surface area contributed by atoms with Gasteiger partial charge in [-0.15, -0.1) is 0 Å². The van der Waals surface area contributed by atoms with Gasteiger partial charge in [-0.2, -0.15) is 0 Å². The van der Waals surface area contributed by atoms with Gasteiger partial charge >= 0.3 is 7.82 Å². The highest BCUT2D eigenvalue weighted by atomic mass is 32.2. The van der Waals surface area contributed by atoms with Crippen LogP contribution in [0.2, 0.25) is 0 Å². The topological polar surface area (TPSA) is 173 Å². The second kappa shape index (κ2) is 12.0. The molecule has 0 atom stereocenters. The van der Waals surface area contributed by atoms with Crippen LogP contribution in [0.5, 0.6) is 0 Å². The number of rotatable bonds is 5. The van der Waals surface area contributed by atoms with Gasteiger partial charge in [0.15, 0.2) is 9.84 Å². The maximum Gasteiger partial charge on any atom is 0.466 e. The Bertz CT molecular complexity index is 1750. The first-order chi connectivity index (χ1) is 19.2. The lowest BCUT2D eigenvalue weighted by Crippen LogP contribution is -2.43. The zero-order chi connectivity index (χ0) is 30.1. The number of pyridine rings is 1. The Morgan fingerprint density at radius 2 is 1.80 bits per heavy atom. The number of likely N-dealkylation sites (tertiary alicyclic amines) is 1. The predicted molar refractivity (Wildman–Crippen MR) is 158 cm³/mol. The van der Waals surface area contributed by atoms with Crippen LogP contribution in [0, 0.1) is 13.8 Å². The van der Waals surface area contributed by atoms with Crippen molar-refractivity contribution in [2.45, 2.75) is 44.6 Å². The smallest absolute Gasteiger partial charge is 0.349 e. The van der Waals surface area contributed by atoms with Crippen LogP contribution < -0.4 is 5.32 Å². The normalized spacial score (nSPS) is 15.1. The Morgan fingerprint density at radius 1 is 1.15 bits per heavy atom. The van der Waals surface area contributed by atoms with Gasteiger partial charge < -0.3 is 29.9 Å². The Kier molecular flexibility index (Phi) is 9.03. The third kappa shape index (κ3) is 7.21. The summed E-state index contributed by atoms with van der Waals surface area (Å²) in [6.45, 7) is 7.51. The number of nitrogens with one attached hydrogen (secondary N) is 2. The van der Waals surface area contributed by atoms with Gasteiger partial charge in [0.05, 0.1) is 16.2 Å². The summed E-state index contributed by atoms with van der Waals surface area (Å²) in [6, 6.07) is 11.1. The summed E-state index contributed by atoms with van der Waals surface area (Å²) in [5, 5.41) is 5.13. The number of aromatic nitrogens is 2. The third-order valence-electron chi connectivity index (χ3n) is 7.31. The maximum atomic E-state index is 13.5. The second-order valence-corrected chi connectivity index (χ2v) is 13.7. The Labute approximate surface area is 238 Å². The molecule has 11 nitrogen and oxygen atoms in total. The van der Waals surface area contributed by atoms with E-state index >= 15 is 0 Å². The molecule has 5 N–H and O–H groups in total. The summed E-state index contributed by atoms with van der Waals surface area (Å²) in [5.74, 6) is -0.0782. The number of carbonyl (C=O) groups excluding carboxylic acids is 1. The fourth-order valence-electron chi connectivity index (χ4n) is 5.10. The Morgan fingerprint density at radius 3 is 2.44 bits per heavy atom. The van der Waals surface area contributed by atoms with Crippen molar-refractivity contribution < 1.29 is 32.5 Å². The van der Waals surface area contributed by atoms with E-state index in [1.165, 1.54) is 0 Å². The van der Waals surface area contributed by atoms with Crippen molar-refractivity contribution in [3.05, 3.63) is 59.3 Å². The van der Waals surface area contributed by atoms with Crippen molar-refractivity contribution in [2.24, 2.45) is 0 Å². The number of fused-ring (bicyclic) bond motifs is 3. The number of nitrogens with zero attached hydrogens (tertiary/aromatic N) is 2. The summed E-state index contributed by atoms with van der Waals surface area (Å²) < 4.78 is 34.2. The number of sulfone groups is 1. The van der Waals surface area contributed by atoms with Crippen LogP contribution in [0.15, 0.2) is 47.5 Å². The van der Waals surface area contributed by atoms with Crippen LogP contribution in [-0.4, -0.2) is 75.8 Å². The summed E-state index contributed by atoms with van der Waals surface area (Å²) >= 11 is 0. The standard InChI is InChI=1S/C28H32N4O3S.H3O4P/c1-5-36(34,35)21-8-6-7-19(14-21)23-15-22(28(33)30-20-9-11-32(4)12-10-20)18(3)26-25(23)24-13-17(2)16-29-27(24)31-26;1-5(2,3)4/h6-8,13-16,20H,5,9-12H2,1-4H3,(H,29,31)(H,30,33);(H3,1,2,3,4). The van der Waals surface area contributed by atoms with Gasteiger partial charge in [0.25, 0.3) is 5.91 Å². The number of benzene rings is 2. The molecule has 0 unspecified atom stereocenters. The number of hydrogen-bond donors (Lipinski definition) is 5. The first kappa shape index (κ1) is 30.8. The molecule has 2 aromatic carbocycles. The largest absolute Gasteiger partial charge is 0.466 e. The lowest BCUT2D eigenvalue weighted by molar-refractivity contribution is 0.0916. The van der Waals surface area contributed by atoms with Crippen LogP contribution >= 0.6 is 7.82 Å². The molecule has 1 aliphatic heterocycles. The van der Waals surface area contributed by atoms with Crippen LogP contribution in [-0.2, 0) is 14.4 Å². The van der Waals surface area contributed by atoms with E-state index < -0.39 is 17.7 Å². The minimum Gasteiger partial charge on any atom is -0.349 e. The molecular formula is C28H35N4O7PS. The van der Waals surface area contributed by atoms with Crippen molar-refractivity contribution in [3.63, 3.8) is 0 Å². The number of piperidine rings is 1. The minimum absolute atomic E-state index is 0.0280. The molecule has 0 aliphatic carbocycles. The van der Waals surface area contributed by atoms with Crippen LogP contribution in [0.4, 0.5) is 0 Å². The number of H-pyrrole nitrogens is 1. The quantitative estimate of drug-likeness (QED) is 0.214. The average molecular weight is 603 g/mol. The summed E-state index contributed by atoms with van der Waals surface area (Å²) in [5.41, 5.74) is 5.62. The van der Waals surface area contributed by atoms with Crippen LogP contribution in [0.25, 0.3) is 33.1 Å². The van der Waals surface area contributed by atoms with Crippen molar-refractivity contribution >= 4 is 45.5 Å². The summed E-state index contributed by atoms with van der Waals surface area (Å²) in [4.78, 5) is 45.7. The molecule has 0 spiro atoms. The van der Waals surface area contributed by atoms with Crippen molar-refractivity contribution in [3.8, 4) is 11.1 Å². The molecule has 1 fully saturated rings. The molecule has 41 heavy (non-hydrogen) atoms. The molecule has 0 radical (unpaired) electrons. The lowest BCUT2D eigenvalue weighted by Gasteiger charge is -2.29. The highest BCUT2D eigenvalue weighted by Gasteiger charge is 2.24. The molecule has 1 aliphatic rings. The van der Waals surface area contributed by atoms with E-state index in [2.05, 4.69) is 33.3 Å². The molecule has 13 heteroatoms. The van der Waals surface area contributed by atoms with E-state index in [4.69, 9.17) is 19.2 Å². The average Bonchev–Trinajstić information content (AvgIpc) is 3.28. The van der Waals surface area contributed by atoms with E-state index in [0.717, 1.165) is 70.1 Å². The number of carbonyl (C=O) groups is 1. The number of aryl methyl sites for hydroxylation is 2. The van der Waals surface area contributed by atoms with Gasteiger partial charge in [-0.25, -0.2) is 18.0 Å². The van der Waals surface area contributed by atoms with E-state index in [0.29, 0.717) is 5.56 Å². The zero-order valence-electron chi connectivity index (χ0n) is 23.4. The van der Waals surface area contributed by atoms with Gasteiger partial charge in [-0.1, -0.05) is 19.1 Å². The van der Waals surface area contributed by atoms with Crippen molar-refractivity contribution in [2.75, 3.05) is 25.9 Å². The van der Waals surface area contributed by atoms with Crippen LogP contribution in [0.1, 0.15) is 41.3 Å². The Hall–Kier alpha value is -3.12. The van der Waals surface area contributed by atoms with Gasteiger partial charge in [-0.3, -0.25) is 4.79 Å². The van der Waals surface area contributed by atoms with Gasteiger partial charge in [0, 0.05) is 28.6 Å². The minimum atomic E-state index is -4.64. The second-order valence-electron chi connectivity index (χ2n) is 10.4. The molecule has 5 rings (SSSR count). The van der Waals surface area contributed by atoms with Crippen molar-refractivity contribution in [1.82, 2.24) is 20.2 Å². The molecule has 1 amide bonds. The SMILES string of the molecule is CCS(=O)(=O)c1cccc(-c2cc(C(=O)NC3CCN(C)CC3)c(C)c3[nH]c4ncc(C)cc4c23)c1.O=P(O)(O)O. The number of amides is 1. The summed E-state index contributed by atoms with van der Waals surface area (Å²) in [7, 11) is -5.92. The Balaban J connectivity index is 0.000000714. The number of hydrogen-bond acceptors (Lipinski definition) is 6. The summed E-state index contributed by atoms with van der Waals surface area (Å²) in [6.07, 6.45) is 3.65. The molecule has 3 heterocycles. The first-order valence-corrected chi connectivity index (χ1v) is 16.4. The molecule has 2 aromatic heterocycles. The molecule has 1 saturated heterocycles. The van der Waals surface area contributed by atoms with E-state index in [9.17, 15) is 13.2 Å². The molecule has 4 aromatic rings. The molecule has 0 saturated carbocycles.